The van der Waals surface area contributed by atoms with E-state index < -0.39 is 0 Å². The van der Waals surface area contributed by atoms with Crippen LogP contribution in [0.15, 0.2) is 40.0 Å². The van der Waals surface area contributed by atoms with Gasteiger partial charge in [-0.25, -0.2) is 0 Å². The van der Waals surface area contributed by atoms with Gasteiger partial charge in [-0.3, -0.25) is 0 Å². The highest BCUT2D eigenvalue weighted by molar-refractivity contribution is 6.55. The lowest BCUT2D eigenvalue weighted by Crippen LogP contribution is -2.01. The SMILES string of the molecule is CCC(C)O/N=C/c1ccc(COc2c(Cl)cc(OCC=C(Cl)Cl)cc2Cl)[nH]1. The second kappa shape index (κ2) is 11.5. The maximum atomic E-state index is 6.25. The molecule has 1 aromatic carbocycles. The van der Waals surface area contributed by atoms with E-state index in [1.165, 1.54) is 6.08 Å². The van der Waals surface area contributed by atoms with Crippen LogP contribution < -0.4 is 9.47 Å². The van der Waals surface area contributed by atoms with Gasteiger partial charge in [0.1, 0.15) is 29.6 Å². The first-order chi connectivity index (χ1) is 13.4. The molecule has 28 heavy (non-hydrogen) atoms. The van der Waals surface area contributed by atoms with Crippen molar-refractivity contribution in [1.29, 1.82) is 0 Å². The third-order valence-corrected chi connectivity index (χ3v) is 4.48. The number of aromatic nitrogens is 1. The maximum absolute atomic E-state index is 6.25. The first-order valence-electron chi connectivity index (χ1n) is 8.52. The number of aromatic amines is 1. The molecule has 0 bridgehead atoms. The van der Waals surface area contributed by atoms with Gasteiger partial charge in [0.2, 0.25) is 0 Å². The zero-order valence-electron chi connectivity index (χ0n) is 15.3. The summed E-state index contributed by atoms with van der Waals surface area (Å²) < 4.78 is 11.3. The van der Waals surface area contributed by atoms with Crippen LogP contribution in [0.5, 0.6) is 11.5 Å². The Morgan fingerprint density at radius 3 is 2.54 bits per heavy atom. The largest absolute Gasteiger partial charge is 0.489 e. The number of halogens is 4. The van der Waals surface area contributed by atoms with Crippen LogP contribution in [0, 0.1) is 0 Å². The van der Waals surface area contributed by atoms with Crippen LogP contribution >= 0.6 is 46.4 Å². The number of H-pyrrole nitrogens is 1. The van der Waals surface area contributed by atoms with Gasteiger partial charge < -0.3 is 19.3 Å². The van der Waals surface area contributed by atoms with Crippen LogP contribution in [-0.4, -0.2) is 23.9 Å². The molecule has 5 nitrogen and oxygen atoms in total. The summed E-state index contributed by atoms with van der Waals surface area (Å²) in [6.45, 7) is 4.44. The van der Waals surface area contributed by atoms with Gasteiger partial charge in [0.15, 0.2) is 5.75 Å². The van der Waals surface area contributed by atoms with Crippen molar-refractivity contribution in [2.75, 3.05) is 6.61 Å². The molecule has 2 aromatic rings. The second-order valence-electron chi connectivity index (χ2n) is 5.81. The molecule has 0 spiro atoms. The molecule has 1 heterocycles. The maximum Gasteiger partial charge on any atom is 0.157 e. The molecule has 0 aliphatic heterocycles. The molecule has 1 aromatic heterocycles. The van der Waals surface area contributed by atoms with Crippen molar-refractivity contribution in [2.24, 2.45) is 5.16 Å². The first kappa shape index (κ1) is 22.8. The van der Waals surface area contributed by atoms with Crippen LogP contribution in [0.4, 0.5) is 0 Å². The smallest absolute Gasteiger partial charge is 0.157 e. The zero-order chi connectivity index (χ0) is 20.5. The molecule has 2 rings (SSSR count). The van der Waals surface area contributed by atoms with Gasteiger partial charge in [-0.2, -0.15) is 0 Å². The lowest BCUT2D eigenvalue weighted by atomic mass is 10.3. The fourth-order valence-corrected chi connectivity index (χ4v) is 2.70. The van der Waals surface area contributed by atoms with E-state index >= 15 is 0 Å². The van der Waals surface area contributed by atoms with Crippen LogP contribution in [-0.2, 0) is 11.4 Å². The molecular weight excluding hydrogens is 446 g/mol. The molecule has 0 aliphatic carbocycles. The Hall–Kier alpha value is -1.53. The van der Waals surface area contributed by atoms with Crippen LogP contribution in [0.1, 0.15) is 31.7 Å². The summed E-state index contributed by atoms with van der Waals surface area (Å²) in [6, 6.07) is 6.97. The molecule has 1 N–H and O–H groups in total. The van der Waals surface area contributed by atoms with Crippen molar-refractivity contribution in [2.45, 2.75) is 33.0 Å². The highest BCUT2D eigenvalue weighted by Crippen LogP contribution is 2.37. The van der Waals surface area contributed by atoms with Crippen molar-refractivity contribution >= 4 is 52.6 Å². The average molecular weight is 466 g/mol. The minimum Gasteiger partial charge on any atom is -0.489 e. The Morgan fingerprint density at radius 1 is 1.18 bits per heavy atom. The van der Waals surface area contributed by atoms with Crippen molar-refractivity contribution < 1.29 is 14.3 Å². The van der Waals surface area contributed by atoms with Crippen molar-refractivity contribution in [3.63, 3.8) is 0 Å². The Kier molecular flexibility index (Phi) is 9.32. The summed E-state index contributed by atoms with van der Waals surface area (Å²) in [5.41, 5.74) is 1.63. The topological polar surface area (TPSA) is 55.8 Å². The van der Waals surface area contributed by atoms with Crippen molar-refractivity contribution in [3.8, 4) is 11.5 Å². The van der Waals surface area contributed by atoms with Gasteiger partial charge in [0.25, 0.3) is 0 Å². The van der Waals surface area contributed by atoms with E-state index in [2.05, 4.69) is 10.1 Å². The molecule has 0 radical (unpaired) electrons. The first-order valence-corrected chi connectivity index (χ1v) is 10.0. The fourth-order valence-electron chi connectivity index (χ4n) is 1.99. The predicted octanol–water partition coefficient (Wildman–Crippen LogP) is 6.75. The number of rotatable bonds is 10. The summed E-state index contributed by atoms with van der Waals surface area (Å²) in [7, 11) is 0. The molecule has 0 fully saturated rings. The molecular formula is C19H20Cl4N2O3. The molecule has 1 unspecified atom stereocenters. The highest BCUT2D eigenvalue weighted by Gasteiger charge is 2.11. The van der Waals surface area contributed by atoms with E-state index in [0.29, 0.717) is 21.5 Å². The number of oxime groups is 1. The van der Waals surface area contributed by atoms with Crippen LogP contribution in [0.2, 0.25) is 10.0 Å². The molecule has 0 saturated carbocycles. The number of hydrogen-bond acceptors (Lipinski definition) is 4. The minimum atomic E-state index is 0.0770. The molecule has 152 valence electrons. The van der Waals surface area contributed by atoms with E-state index in [4.69, 9.17) is 60.7 Å². The fraction of sp³-hybridized carbons (Fsp3) is 0.316. The van der Waals surface area contributed by atoms with E-state index in [-0.39, 0.29) is 23.8 Å². The standard InChI is InChI=1S/C19H20Cl4N2O3/c1-3-12(2)28-24-10-13-4-5-14(25-13)11-27-19-16(20)8-15(9-17(19)21)26-7-6-18(22)23/h4-6,8-10,12,25H,3,7,11H2,1-2H3/b24-10+. The lowest BCUT2D eigenvalue weighted by Gasteiger charge is -2.11. The van der Waals surface area contributed by atoms with E-state index in [9.17, 15) is 0 Å². The van der Waals surface area contributed by atoms with E-state index in [1.54, 1.807) is 18.3 Å². The number of hydrogen-bond donors (Lipinski definition) is 1. The Morgan fingerprint density at radius 2 is 1.89 bits per heavy atom. The summed E-state index contributed by atoms with van der Waals surface area (Å²) in [5, 5.41) is 4.61. The summed E-state index contributed by atoms with van der Waals surface area (Å²) in [4.78, 5) is 8.44. The number of benzene rings is 1. The van der Waals surface area contributed by atoms with Gasteiger partial charge in [-0.15, -0.1) is 0 Å². The molecule has 0 aliphatic rings. The summed E-state index contributed by atoms with van der Waals surface area (Å²) in [6.07, 6.45) is 4.09. The van der Waals surface area contributed by atoms with Gasteiger partial charge in [-0.05, 0) is 31.6 Å². The molecule has 1 atom stereocenters. The average Bonchev–Trinajstić information content (AvgIpc) is 3.08. The van der Waals surface area contributed by atoms with Crippen molar-refractivity contribution in [3.05, 3.63) is 56.3 Å². The van der Waals surface area contributed by atoms with Gasteiger partial charge in [-0.1, -0.05) is 58.5 Å². The number of nitrogens with zero attached hydrogens (tertiary/aromatic N) is 1. The van der Waals surface area contributed by atoms with Crippen LogP contribution in [0.3, 0.4) is 0 Å². The number of nitrogens with one attached hydrogen (secondary N) is 1. The minimum absolute atomic E-state index is 0.0770. The highest BCUT2D eigenvalue weighted by atomic mass is 35.5. The molecule has 0 saturated heterocycles. The lowest BCUT2D eigenvalue weighted by molar-refractivity contribution is 0.0712. The Bertz CT molecular complexity index is 809. The summed E-state index contributed by atoms with van der Waals surface area (Å²) >= 11 is 23.6. The predicted molar refractivity (Wildman–Crippen MR) is 115 cm³/mol. The Balaban J connectivity index is 1.94. The molecule has 9 heteroatoms. The van der Waals surface area contributed by atoms with Gasteiger partial charge in [0.05, 0.1) is 27.6 Å². The Labute approximate surface area is 184 Å². The summed E-state index contributed by atoms with van der Waals surface area (Å²) in [5.74, 6) is 0.847. The van der Waals surface area contributed by atoms with Crippen LogP contribution in [0.25, 0.3) is 0 Å². The monoisotopic (exact) mass is 464 g/mol. The molecule has 0 amide bonds. The third kappa shape index (κ3) is 7.47. The normalized spacial score (nSPS) is 12.1. The quantitative estimate of drug-likeness (QED) is 0.312. The zero-order valence-corrected chi connectivity index (χ0v) is 18.4. The van der Waals surface area contributed by atoms with Gasteiger partial charge in [0, 0.05) is 12.1 Å². The van der Waals surface area contributed by atoms with E-state index in [0.717, 1.165) is 17.8 Å². The van der Waals surface area contributed by atoms with Gasteiger partial charge >= 0.3 is 0 Å². The van der Waals surface area contributed by atoms with E-state index in [1.807, 2.05) is 26.0 Å². The second-order valence-corrected chi connectivity index (χ2v) is 7.63. The number of ether oxygens (including phenoxy) is 2. The third-order valence-electron chi connectivity index (χ3n) is 3.61. The van der Waals surface area contributed by atoms with Crippen molar-refractivity contribution in [1.82, 2.24) is 4.98 Å².